The molecule has 0 unspecified atom stereocenters. The van der Waals surface area contributed by atoms with E-state index in [2.05, 4.69) is 60.3 Å². The molecule has 7 heteroatoms. The third-order valence-corrected chi connectivity index (χ3v) is 5.64. The Morgan fingerprint density at radius 3 is 2.35 bits per heavy atom. The van der Waals surface area contributed by atoms with E-state index >= 15 is 0 Å². The highest BCUT2D eigenvalue weighted by Gasteiger charge is 2.18. The van der Waals surface area contributed by atoms with Crippen LogP contribution >= 0.6 is 34.5 Å². The summed E-state index contributed by atoms with van der Waals surface area (Å²) in [5, 5.41) is 15.2. The van der Waals surface area contributed by atoms with Gasteiger partial charge in [-0.2, -0.15) is 9.61 Å². The Kier molecular flexibility index (Phi) is 4.26. The largest absolute Gasteiger partial charge is 0.235 e. The van der Waals surface area contributed by atoms with Gasteiger partial charge in [-0.05, 0) is 29.2 Å². The average Bonchev–Trinajstić information content (AvgIpc) is 3.14. The van der Waals surface area contributed by atoms with Gasteiger partial charge in [-0.15, -0.1) is 10.2 Å². The van der Waals surface area contributed by atoms with Crippen molar-refractivity contribution in [1.82, 2.24) is 19.8 Å². The van der Waals surface area contributed by atoms with Crippen molar-refractivity contribution < 1.29 is 0 Å². The van der Waals surface area contributed by atoms with Gasteiger partial charge < -0.3 is 0 Å². The molecule has 4 nitrogen and oxygen atoms in total. The molecule has 0 radical (unpaired) electrons. The maximum Gasteiger partial charge on any atom is 0.235 e. The lowest BCUT2D eigenvalue weighted by molar-refractivity contribution is 0.590. The maximum atomic E-state index is 6.31. The zero-order valence-corrected chi connectivity index (χ0v) is 16.8. The summed E-state index contributed by atoms with van der Waals surface area (Å²) in [6, 6.07) is 13.8. The molecular formula is C19H16Cl2N4S. The number of fused-ring (bicyclic) bond motifs is 1. The first-order valence-electron chi connectivity index (χ1n) is 8.11. The molecule has 0 spiro atoms. The van der Waals surface area contributed by atoms with Crippen molar-refractivity contribution >= 4 is 39.5 Å². The highest BCUT2D eigenvalue weighted by atomic mass is 35.5. The summed E-state index contributed by atoms with van der Waals surface area (Å²) in [6.07, 6.45) is 0. The predicted octanol–water partition coefficient (Wildman–Crippen LogP) is 6.12. The Bertz CT molecular complexity index is 1090. The van der Waals surface area contributed by atoms with Gasteiger partial charge in [0.25, 0.3) is 0 Å². The van der Waals surface area contributed by atoms with Crippen molar-refractivity contribution in [3.63, 3.8) is 0 Å². The van der Waals surface area contributed by atoms with Crippen LogP contribution in [0.15, 0.2) is 42.5 Å². The molecule has 0 atom stereocenters. The number of hydrogen-bond acceptors (Lipinski definition) is 4. The number of benzene rings is 2. The molecule has 0 N–H and O–H groups in total. The molecule has 0 fully saturated rings. The maximum absolute atomic E-state index is 6.31. The summed E-state index contributed by atoms with van der Waals surface area (Å²) in [6.45, 7) is 6.58. The van der Waals surface area contributed by atoms with Gasteiger partial charge in [-0.1, -0.05) is 79.6 Å². The minimum Gasteiger partial charge on any atom is -0.182 e. The van der Waals surface area contributed by atoms with Crippen LogP contribution in [0.4, 0.5) is 0 Å². The first-order valence-corrected chi connectivity index (χ1v) is 9.69. The first-order chi connectivity index (χ1) is 12.3. The van der Waals surface area contributed by atoms with Crippen LogP contribution in [-0.4, -0.2) is 19.8 Å². The van der Waals surface area contributed by atoms with E-state index in [4.69, 9.17) is 23.2 Å². The molecule has 2 aromatic carbocycles. The fourth-order valence-corrected chi connectivity index (χ4v) is 4.12. The van der Waals surface area contributed by atoms with Crippen molar-refractivity contribution in [1.29, 1.82) is 0 Å². The molecule has 4 aromatic rings. The van der Waals surface area contributed by atoms with Crippen LogP contribution in [0.3, 0.4) is 0 Å². The second kappa shape index (κ2) is 6.34. The fraction of sp³-hybridized carbons (Fsp3) is 0.211. The highest BCUT2D eigenvalue weighted by molar-refractivity contribution is 7.19. The van der Waals surface area contributed by atoms with E-state index in [0.29, 0.717) is 15.9 Å². The molecule has 0 aliphatic heterocycles. The Hall–Kier alpha value is -1.95. The molecule has 0 amide bonds. The lowest BCUT2D eigenvalue weighted by Gasteiger charge is -2.18. The van der Waals surface area contributed by atoms with Crippen molar-refractivity contribution in [3.05, 3.63) is 58.1 Å². The van der Waals surface area contributed by atoms with E-state index in [1.165, 1.54) is 16.9 Å². The second-order valence-electron chi connectivity index (χ2n) is 7.08. The number of aromatic nitrogens is 4. The summed E-state index contributed by atoms with van der Waals surface area (Å²) < 4.78 is 1.76. The molecule has 4 rings (SSSR count). The van der Waals surface area contributed by atoms with Gasteiger partial charge in [0.05, 0.1) is 5.02 Å². The van der Waals surface area contributed by atoms with E-state index in [9.17, 15) is 0 Å². The number of halogens is 2. The van der Waals surface area contributed by atoms with E-state index < -0.39 is 0 Å². The van der Waals surface area contributed by atoms with Crippen molar-refractivity contribution in [2.45, 2.75) is 26.2 Å². The Labute approximate surface area is 165 Å². The van der Waals surface area contributed by atoms with Crippen molar-refractivity contribution in [3.8, 4) is 22.0 Å². The van der Waals surface area contributed by atoms with Crippen molar-refractivity contribution in [2.24, 2.45) is 0 Å². The summed E-state index contributed by atoms with van der Waals surface area (Å²) in [5.74, 6) is 0.716. The third-order valence-electron chi connectivity index (χ3n) is 4.16. The fourth-order valence-electron chi connectivity index (χ4n) is 2.69. The SMILES string of the molecule is CC(C)(C)c1ccc(-c2nnc3sc(-c4ccc(Cl)cc4Cl)nn23)cc1. The van der Waals surface area contributed by atoms with Crippen LogP contribution in [0.5, 0.6) is 0 Å². The van der Waals surface area contributed by atoms with Crippen LogP contribution in [0.1, 0.15) is 26.3 Å². The van der Waals surface area contributed by atoms with Crippen LogP contribution in [0, 0.1) is 0 Å². The standard InChI is InChI=1S/C19H16Cl2N4S/c1-19(2,3)12-6-4-11(5-7-12)16-22-23-18-25(16)24-17(26-18)14-9-8-13(20)10-15(14)21/h4-10H,1-3H3. The smallest absolute Gasteiger partial charge is 0.182 e. The topological polar surface area (TPSA) is 43.1 Å². The van der Waals surface area contributed by atoms with Gasteiger partial charge in [0, 0.05) is 16.1 Å². The van der Waals surface area contributed by atoms with Gasteiger partial charge in [0.1, 0.15) is 5.01 Å². The quantitative estimate of drug-likeness (QED) is 0.405. The van der Waals surface area contributed by atoms with Gasteiger partial charge in [-0.3, -0.25) is 0 Å². The molecule has 0 aliphatic carbocycles. The first kappa shape index (κ1) is 17.5. The summed E-state index contributed by atoms with van der Waals surface area (Å²) in [4.78, 5) is 0.723. The zero-order valence-electron chi connectivity index (χ0n) is 14.5. The van der Waals surface area contributed by atoms with Crippen LogP contribution in [-0.2, 0) is 5.41 Å². The highest BCUT2D eigenvalue weighted by Crippen LogP contribution is 2.34. The average molecular weight is 403 g/mol. The zero-order chi connectivity index (χ0) is 18.5. The molecule has 132 valence electrons. The molecule has 2 aromatic heterocycles. The summed E-state index contributed by atoms with van der Waals surface area (Å²) >= 11 is 13.7. The molecule has 26 heavy (non-hydrogen) atoms. The minimum atomic E-state index is 0.109. The molecule has 0 saturated heterocycles. The van der Waals surface area contributed by atoms with Crippen LogP contribution in [0.25, 0.3) is 26.9 Å². The van der Waals surface area contributed by atoms with E-state index in [-0.39, 0.29) is 5.41 Å². The Morgan fingerprint density at radius 2 is 1.69 bits per heavy atom. The van der Waals surface area contributed by atoms with E-state index in [1.807, 2.05) is 6.07 Å². The summed E-state index contributed by atoms with van der Waals surface area (Å²) in [7, 11) is 0. The lowest BCUT2D eigenvalue weighted by atomic mass is 9.87. The van der Waals surface area contributed by atoms with Gasteiger partial charge in [0.2, 0.25) is 4.96 Å². The lowest BCUT2D eigenvalue weighted by Crippen LogP contribution is -2.10. The van der Waals surface area contributed by atoms with E-state index in [1.54, 1.807) is 16.6 Å². The van der Waals surface area contributed by atoms with Gasteiger partial charge in [-0.25, -0.2) is 0 Å². The predicted molar refractivity (Wildman–Crippen MR) is 108 cm³/mol. The number of nitrogens with zero attached hydrogens (tertiary/aromatic N) is 4. The summed E-state index contributed by atoms with van der Waals surface area (Å²) in [5.41, 5.74) is 3.19. The van der Waals surface area contributed by atoms with Gasteiger partial charge in [0.15, 0.2) is 5.82 Å². The van der Waals surface area contributed by atoms with E-state index in [0.717, 1.165) is 21.1 Å². The minimum absolute atomic E-state index is 0.109. The number of hydrogen-bond donors (Lipinski definition) is 0. The Balaban J connectivity index is 1.77. The van der Waals surface area contributed by atoms with Crippen molar-refractivity contribution in [2.75, 3.05) is 0 Å². The molecular weight excluding hydrogens is 387 g/mol. The Morgan fingerprint density at radius 1 is 0.962 bits per heavy atom. The monoisotopic (exact) mass is 402 g/mol. The normalized spacial score (nSPS) is 12.0. The molecule has 0 saturated carbocycles. The third kappa shape index (κ3) is 3.11. The molecule has 2 heterocycles. The van der Waals surface area contributed by atoms with Crippen LogP contribution < -0.4 is 0 Å². The second-order valence-corrected chi connectivity index (χ2v) is 8.88. The molecule has 0 aliphatic rings. The van der Waals surface area contributed by atoms with Gasteiger partial charge >= 0.3 is 0 Å². The molecule has 0 bridgehead atoms. The van der Waals surface area contributed by atoms with Crippen LogP contribution in [0.2, 0.25) is 10.0 Å². The number of rotatable bonds is 2.